The molecule has 1 aromatic heterocycles. The van der Waals surface area contributed by atoms with Crippen LogP contribution in [0.3, 0.4) is 0 Å². The Balaban J connectivity index is 1.62. The monoisotopic (exact) mass is 464 g/mol. The van der Waals surface area contributed by atoms with Gasteiger partial charge < -0.3 is 10.6 Å². The number of carbonyl (C=O) groups is 1. The van der Waals surface area contributed by atoms with Crippen LogP contribution in [0.2, 0.25) is 0 Å². The van der Waals surface area contributed by atoms with Gasteiger partial charge in [0.15, 0.2) is 0 Å². The largest absolute Gasteiger partial charge is 0.338 e. The van der Waals surface area contributed by atoms with Crippen molar-refractivity contribution in [2.24, 2.45) is 11.3 Å². The molecule has 0 saturated heterocycles. The van der Waals surface area contributed by atoms with Crippen molar-refractivity contribution < 1.29 is 9.18 Å². The Morgan fingerprint density at radius 2 is 1.76 bits per heavy atom. The fourth-order valence-electron chi connectivity index (χ4n) is 5.49. The van der Waals surface area contributed by atoms with Gasteiger partial charge in [0.05, 0.1) is 17.4 Å². The molecule has 1 heterocycles. The third kappa shape index (κ3) is 5.43. The van der Waals surface area contributed by atoms with Crippen LogP contribution in [0.1, 0.15) is 71.8 Å². The van der Waals surface area contributed by atoms with Gasteiger partial charge in [-0.3, -0.25) is 0 Å². The van der Waals surface area contributed by atoms with Gasteiger partial charge in [-0.05, 0) is 92.8 Å². The molecule has 0 aliphatic heterocycles. The standard InChI is InChI=1S/C28H37FN4O/c1-27(2,3)32-26(34)30-18-28(4,5)25(19-8-6-7-9-19)20-10-15-24-21(16-20)17-31-33(24)23-13-11-22(29)12-14-23/h10-17,19,25H,6-9,18H2,1-5H3,(H2,30,32,34). The number of urea groups is 1. The van der Waals surface area contributed by atoms with Gasteiger partial charge in [-0.2, -0.15) is 5.10 Å². The van der Waals surface area contributed by atoms with Crippen LogP contribution < -0.4 is 10.6 Å². The Labute approximate surface area is 202 Å². The fourth-order valence-corrected chi connectivity index (χ4v) is 5.49. The van der Waals surface area contributed by atoms with E-state index < -0.39 is 0 Å². The maximum absolute atomic E-state index is 13.4. The van der Waals surface area contributed by atoms with Gasteiger partial charge in [-0.25, -0.2) is 13.9 Å². The third-order valence-corrected chi connectivity index (χ3v) is 6.93. The summed E-state index contributed by atoms with van der Waals surface area (Å²) in [4.78, 5) is 12.5. The second kappa shape index (κ2) is 9.40. The van der Waals surface area contributed by atoms with Crippen LogP contribution in [-0.2, 0) is 0 Å². The summed E-state index contributed by atoms with van der Waals surface area (Å²) in [6, 6.07) is 12.9. The highest BCUT2D eigenvalue weighted by atomic mass is 19.1. The predicted molar refractivity (Wildman–Crippen MR) is 136 cm³/mol. The van der Waals surface area contributed by atoms with Gasteiger partial charge >= 0.3 is 6.03 Å². The lowest BCUT2D eigenvalue weighted by Gasteiger charge is -2.39. The molecule has 2 aromatic carbocycles. The molecular formula is C28H37FN4O. The molecular weight excluding hydrogens is 427 g/mol. The molecule has 3 aromatic rings. The van der Waals surface area contributed by atoms with Gasteiger partial charge in [0.2, 0.25) is 0 Å². The number of rotatable bonds is 6. The summed E-state index contributed by atoms with van der Waals surface area (Å²) in [7, 11) is 0. The van der Waals surface area contributed by atoms with Crippen LogP contribution >= 0.6 is 0 Å². The highest BCUT2D eigenvalue weighted by molar-refractivity contribution is 5.81. The average molecular weight is 465 g/mol. The second-order valence-corrected chi connectivity index (χ2v) is 11.4. The van der Waals surface area contributed by atoms with Gasteiger partial charge in [-0.15, -0.1) is 0 Å². The van der Waals surface area contributed by atoms with E-state index in [1.165, 1.54) is 43.4 Å². The summed E-state index contributed by atoms with van der Waals surface area (Å²) in [6.45, 7) is 11.1. The summed E-state index contributed by atoms with van der Waals surface area (Å²) < 4.78 is 15.2. The first kappa shape index (κ1) is 24.2. The number of hydrogen-bond donors (Lipinski definition) is 2. The van der Waals surface area contributed by atoms with Crippen molar-refractivity contribution in [2.75, 3.05) is 6.54 Å². The topological polar surface area (TPSA) is 59.0 Å². The Morgan fingerprint density at radius 3 is 2.41 bits per heavy atom. The quantitative estimate of drug-likeness (QED) is 0.434. The maximum atomic E-state index is 13.4. The second-order valence-electron chi connectivity index (χ2n) is 11.4. The minimum Gasteiger partial charge on any atom is -0.338 e. The first-order valence-electron chi connectivity index (χ1n) is 12.3. The van der Waals surface area contributed by atoms with E-state index in [1.54, 1.807) is 12.1 Å². The highest BCUT2D eigenvalue weighted by Gasteiger charge is 2.38. The Bertz CT molecular complexity index is 1140. The first-order valence-corrected chi connectivity index (χ1v) is 12.3. The van der Waals surface area contributed by atoms with E-state index in [1.807, 2.05) is 31.6 Å². The van der Waals surface area contributed by atoms with Crippen LogP contribution in [0.15, 0.2) is 48.7 Å². The summed E-state index contributed by atoms with van der Waals surface area (Å²) in [5, 5.41) is 11.8. The van der Waals surface area contributed by atoms with E-state index in [4.69, 9.17) is 0 Å². The highest BCUT2D eigenvalue weighted by Crippen LogP contribution is 2.47. The van der Waals surface area contributed by atoms with Gasteiger partial charge in [0.25, 0.3) is 0 Å². The Morgan fingerprint density at radius 1 is 1.09 bits per heavy atom. The lowest BCUT2D eigenvalue weighted by atomic mass is 9.67. The normalized spacial score (nSPS) is 16.1. The van der Waals surface area contributed by atoms with Crippen molar-refractivity contribution in [3.8, 4) is 5.69 Å². The summed E-state index contributed by atoms with van der Waals surface area (Å²) >= 11 is 0. The molecule has 4 rings (SSSR count). The van der Waals surface area contributed by atoms with E-state index in [2.05, 4.69) is 47.8 Å². The SMILES string of the molecule is CC(C)(C)NC(=O)NCC(C)(C)C(c1ccc2c(cnn2-c2ccc(F)cc2)c1)C1CCCC1. The molecule has 5 nitrogen and oxygen atoms in total. The summed E-state index contributed by atoms with van der Waals surface area (Å²) in [6.07, 6.45) is 6.85. The Hall–Kier alpha value is -2.89. The molecule has 6 heteroatoms. The van der Waals surface area contributed by atoms with Crippen molar-refractivity contribution in [1.82, 2.24) is 20.4 Å². The van der Waals surface area contributed by atoms with Crippen LogP contribution in [0.4, 0.5) is 9.18 Å². The van der Waals surface area contributed by atoms with E-state index >= 15 is 0 Å². The lowest BCUT2D eigenvalue weighted by Crippen LogP contribution is -2.49. The lowest BCUT2D eigenvalue weighted by molar-refractivity contribution is 0.194. The average Bonchev–Trinajstić information content (AvgIpc) is 3.42. The van der Waals surface area contributed by atoms with Gasteiger partial charge in [0.1, 0.15) is 5.82 Å². The van der Waals surface area contributed by atoms with Gasteiger partial charge in [-0.1, -0.05) is 32.8 Å². The van der Waals surface area contributed by atoms with Crippen molar-refractivity contribution >= 4 is 16.9 Å². The van der Waals surface area contributed by atoms with E-state index in [0.29, 0.717) is 18.4 Å². The van der Waals surface area contributed by atoms with Crippen LogP contribution in [0, 0.1) is 17.2 Å². The number of hydrogen-bond acceptors (Lipinski definition) is 2. The summed E-state index contributed by atoms with van der Waals surface area (Å²) in [5.74, 6) is 0.657. The molecule has 0 bridgehead atoms. The Kier molecular flexibility index (Phi) is 6.70. The summed E-state index contributed by atoms with van der Waals surface area (Å²) in [5.41, 5.74) is 2.74. The molecule has 0 spiro atoms. The number of benzene rings is 2. The maximum Gasteiger partial charge on any atom is 0.315 e. The molecule has 0 radical (unpaired) electrons. The van der Waals surface area contributed by atoms with Crippen LogP contribution in [0.25, 0.3) is 16.6 Å². The number of carbonyl (C=O) groups excluding carboxylic acids is 1. The zero-order chi connectivity index (χ0) is 24.5. The molecule has 1 aliphatic carbocycles. The number of halogens is 1. The zero-order valence-electron chi connectivity index (χ0n) is 21.0. The molecule has 2 amide bonds. The molecule has 182 valence electrons. The van der Waals surface area contributed by atoms with Crippen molar-refractivity contribution in [3.63, 3.8) is 0 Å². The van der Waals surface area contributed by atoms with E-state index in [-0.39, 0.29) is 22.8 Å². The molecule has 1 fully saturated rings. The van der Waals surface area contributed by atoms with Crippen molar-refractivity contribution in [2.45, 2.75) is 71.8 Å². The van der Waals surface area contributed by atoms with Gasteiger partial charge in [0, 0.05) is 17.5 Å². The number of aromatic nitrogens is 2. The predicted octanol–water partition coefficient (Wildman–Crippen LogP) is 6.56. The van der Waals surface area contributed by atoms with Crippen molar-refractivity contribution in [3.05, 3.63) is 60.0 Å². The first-order chi connectivity index (χ1) is 16.0. The smallest absolute Gasteiger partial charge is 0.315 e. The van der Waals surface area contributed by atoms with Crippen LogP contribution in [0.5, 0.6) is 0 Å². The number of fused-ring (bicyclic) bond motifs is 1. The molecule has 34 heavy (non-hydrogen) atoms. The van der Waals surface area contributed by atoms with E-state index in [0.717, 1.165) is 16.6 Å². The molecule has 1 saturated carbocycles. The molecule has 1 atom stereocenters. The number of nitrogens with zero attached hydrogens (tertiary/aromatic N) is 2. The minimum atomic E-state index is -0.269. The molecule has 1 unspecified atom stereocenters. The molecule has 1 aliphatic rings. The van der Waals surface area contributed by atoms with Crippen molar-refractivity contribution in [1.29, 1.82) is 0 Å². The van der Waals surface area contributed by atoms with E-state index in [9.17, 15) is 9.18 Å². The minimum absolute atomic E-state index is 0.120. The molecule has 2 N–H and O–H groups in total. The number of amides is 2. The zero-order valence-corrected chi connectivity index (χ0v) is 21.0. The fraction of sp³-hybridized carbons (Fsp3) is 0.500. The number of nitrogens with one attached hydrogen (secondary N) is 2. The third-order valence-electron chi connectivity index (χ3n) is 6.93. The van der Waals surface area contributed by atoms with Crippen LogP contribution in [-0.4, -0.2) is 27.9 Å².